The van der Waals surface area contributed by atoms with Gasteiger partial charge in [0.2, 0.25) is 0 Å². The van der Waals surface area contributed by atoms with E-state index in [4.69, 9.17) is 0 Å². The van der Waals surface area contributed by atoms with Crippen molar-refractivity contribution in [3.63, 3.8) is 0 Å². The first-order chi connectivity index (χ1) is 9.77. The first-order valence-corrected chi connectivity index (χ1v) is 6.42. The molecule has 2 aromatic rings. The van der Waals surface area contributed by atoms with Crippen LogP contribution < -0.4 is 20.2 Å². The molecular formula is C16H16CaN2O2+2. The summed E-state index contributed by atoms with van der Waals surface area (Å²) >= 11 is 0. The molecule has 0 amide bonds. The van der Waals surface area contributed by atoms with Gasteiger partial charge in [0, 0.05) is 11.1 Å². The maximum absolute atomic E-state index is 11.4. The topological polar surface area (TPSA) is 74.1 Å². The van der Waals surface area contributed by atoms with Crippen LogP contribution in [0, 0.1) is 0 Å². The fourth-order valence-corrected chi connectivity index (χ4v) is 1.71. The van der Waals surface area contributed by atoms with E-state index in [0.717, 1.165) is 0 Å². The van der Waals surface area contributed by atoms with Gasteiger partial charge in [0.05, 0.1) is 0 Å². The van der Waals surface area contributed by atoms with Crippen LogP contribution in [0.15, 0.2) is 48.5 Å². The Balaban J connectivity index is 0.00000220. The van der Waals surface area contributed by atoms with Crippen LogP contribution in [0.5, 0.6) is 11.5 Å². The van der Waals surface area contributed by atoms with Crippen molar-refractivity contribution in [2.24, 2.45) is 0 Å². The van der Waals surface area contributed by atoms with Crippen molar-refractivity contribution in [2.75, 3.05) is 13.1 Å². The summed E-state index contributed by atoms with van der Waals surface area (Å²) in [6, 6.07) is 13.7. The molecule has 2 aromatic carbocycles. The Morgan fingerprint density at radius 2 is 1.10 bits per heavy atom. The Bertz CT molecular complexity index is 572. The molecule has 0 radical (unpaired) electrons. The SMILES string of the molecule is [Ca+2].[O-]c1ccccc1C=[NH+]CC[NH+]=Cc1ccccc1[O-]. The molecule has 4 nitrogen and oxygen atoms in total. The van der Waals surface area contributed by atoms with Crippen molar-refractivity contribution < 1.29 is 20.2 Å². The minimum absolute atomic E-state index is 0. The molecule has 0 bridgehead atoms. The van der Waals surface area contributed by atoms with Crippen LogP contribution in [0.3, 0.4) is 0 Å². The summed E-state index contributed by atoms with van der Waals surface area (Å²) in [5.74, 6) is -0.000363. The van der Waals surface area contributed by atoms with E-state index >= 15 is 0 Å². The van der Waals surface area contributed by atoms with E-state index in [1.165, 1.54) is 12.1 Å². The van der Waals surface area contributed by atoms with Crippen LogP contribution in [-0.4, -0.2) is 63.3 Å². The minimum Gasteiger partial charge on any atom is -0.872 e. The second kappa shape index (κ2) is 9.55. The monoisotopic (exact) mass is 308 g/mol. The molecule has 0 aliphatic carbocycles. The summed E-state index contributed by atoms with van der Waals surface area (Å²) in [5.41, 5.74) is 1.28. The predicted octanol–water partition coefficient (Wildman–Crippen LogP) is -2.85. The largest absolute Gasteiger partial charge is 2.00 e. The maximum atomic E-state index is 11.4. The normalized spacial score (nSPS) is 10.9. The van der Waals surface area contributed by atoms with Crippen LogP contribution in [0.4, 0.5) is 0 Å². The molecule has 0 aliphatic heterocycles. The summed E-state index contributed by atoms with van der Waals surface area (Å²) in [5, 5.41) is 22.9. The Morgan fingerprint density at radius 3 is 1.48 bits per heavy atom. The van der Waals surface area contributed by atoms with Crippen molar-refractivity contribution in [1.29, 1.82) is 0 Å². The van der Waals surface area contributed by atoms with Crippen molar-refractivity contribution in [1.82, 2.24) is 0 Å². The van der Waals surface area contributed by atoms with E-state index in [-0.39, 0.29) is 49.2 Å². The predicted molar refractivity (Wildman–Crippen MR) is 79.5 cm³/mol. The molecule has 0 heterocycles. The van der Waals surface area contributed by atoms with Gasteiger partial charge in [-0.1, -0.05) is 47.9 Å². The number of para-hydroxylation sites is 2. The van der Waals surface area contributed by atoms with Gasteiger partial charge in [0.15, 0.2) is 25.5 Å². The van der Waals surface area contributed by atoms with E-state index in [1.807, 2.05) is 12.1 Å². The fourth-order valence-electron chi connectivity index (χ4n) is 1.71. The molecule has 0 atom stereocenters. The van der Waals surface area contributed by atoms with Crippen LogP contribution in [0.2, 0.25) is 0 Å². The molecule has 0 unspecified atom stereocenters. The van der Waals surface area contributed by atoms with Crippen molar-refractivity contribution >= 4 is 50.2 Å². The average Bonchev–Trinajstić information content (AvgIpc) is 2.46. The van der Waals surface area contributed by atoms with Crippen molar-refractivity contribution in [3.8, 4) is 11.5 Å². The molecule has 0 saturated carbocycles. The van der Waals surface area contributed by atoms with Crippen LogP contribution in [-0.2, 0) is 0 Å². The van der Waals surface area contributed by atoms with E-state index in [9.17, 15) is 10.2 Å². The molecule has 2 rings (SSSR count). The summed E-state index contributed by atoms with van der Waals surface area (Å²) in [4.78, 5) is 6.12. The second-order valence-electron chi connectivity index (χ2n) is 4.27. The first-order valence-electron chi connectivity index (χ1n) is 6.42. The molecule has 5 heteroatoms. The quantitative estimate of drug-likeness (QED) is 0.355. The molecule has 0 fully saturated rings. The van der Waals surface area contributed by atoms with E-state index in [0.29, 0.717) is 24.2 Å². The Morgan fingerprint density at radius 1 is 0.714 bits per heavy atom. The van der Waals surface area contributed by atoms with Gasteiger partial charge < -0.3 is 10.2 Å². The average molecular weight is 308 g/mol. The van der Waals surface area contributed by atoms with Gasteiger partial charge in [-0.05, 0) is 12.1 Å². The summed E-state index contributed by atoms with van der Waals surface area (Å²) in [6.45, 7) is 1.32. The zero-order valence-electron chi connectivity index (χ0n) is 11.7. The molecule has 21 heavy (non-hydrogen) atoms. The van der Waals surface area contributed by atoms with Gasteiger partial charge in [-0.15, -0.1) is 0 Å². The molecule has 102 valence electrons. The molecule has 0 spiro atoms. The van der Waals surface area contributed by atoms with Crippen molar-refractivity contribution in [3.05, 3.63) is 59.7 Å². The Kier molecular flexibility index (Phi) is 8.05. The second-order valence-corrected chi connectivity index (χ2v) is 4.27. The number of benzene rings is 2. The van der Waals surface area contributed by atoms with Gasteiger partial charge in [0.1, 0.15) is 0 Å². The van der Waals surface area contributed by atoms with Crippen LogP contribution in [0.25, 0.3) is 0 Å². The third-order valence-corrected chi connectivity index (χ3v) is 2.77. The van der Waals surface area contributed by atoms with E-state index in [2.05, 4.69) is 9.98 Å². The number of hydrogen-bond acceptors (Lipinski definition) is 2. The van der Waals surface area contributed by atoms with Gasteiger partial charge in [-0.2, -0.15) is 0 Å². The van der Waals surface area contributed by atoms with Crippen LogP contribution in [0.1, 0.15) is 11.1 Å². The van der Waals surface area contributed by atoms with Gasteiger partial charge in [-0.25, -0.2) is 9.98 Å². The number of rotatable bonds is 5. The number of nitrogens with one attached hydrogen (secondary N) is 2. The summed E-state index contributed by atoms with van der Waals surface area (Å²) < 4.78 is 0. The zero-order chi connectivity index (χ0) is 14.2. The zero-order valence-corrected chi connectivity index (χ0v) is 13.9. The molecule has 2 N–H and O–H groups in total. The maximum Gasteiger partial charge on any atom is 2.00 e. The Hall–Kier alpha value is -1.36. The molecular weight excluding hydrogens is 292 g/mol. The van der Waals surface area contributed by atoms with Gasteiger partial charge in [0.25, 0.3) is 0 Å². The summed E-state index contributed by atoms with van der Waals surface area (Å²) in [6.07, 6.45) is 3.40. The molecule has 0 aliphatic rings. The van der Waals surface area contributed by atoms with Gasteiger partial charge in [-0.3, -0.25) is 0 Å². The first kappa shape index (κ1) is 17.7. The van der Waals surface area contributed by atoms with Crippen molar-refractivity contribution in [2.45, 2.75) is 0 Å². The van der Waals surface area contributed by atoms with Gasteiger partial charge >= 0.3 is 37.7 Å². The molecule has 0 saturated heterocycles. The summed E-state index contributed by atoms with van der Waals surface area (Å²) in [7, 11) is 0. The number of hydrogen-bond donors (Lipinski definition) is 2. The third kappa shape index (κ3) is 5.87. The standard InChI is InChI=1S/C16H16N2O2.Ca/c19-15-7-3-1-5-13(15)11-17-9-10-18-12-14-6-2-4-8-16(14)20;/h1-8,11-12,19-20H,9-10H2;/q;+2. The smallest absolute Gasteiger partial charge is 0.872 e. The van der Waals surface area contributed by atoms with Crippen LogP contribution >= 0.6 is 0 Å². The molecule has 0 aromatic heterocycles. The Labute approximate surface area is 153 Å². The van der Waals surface area contributed by atoms with E-state index < -0.39 is 0 Å². The third-order valence-electron chi connectivity index (χ3n) is 2.77. The minimum atomic E-state index is -0.000182. The fraction of sp³-hybridized carbons (Fsp3) is 0.125. The van der Waals surface area contributed by atoms with E-state index in [1.54, 1.807) is 36.7 Å².